The van der Waals surface area contributed by atoms with E-state index >= 15 is 0 Å². The molecule has 1 N–H and O–H groups in total. The van der Waals surface area contributed by atoms with Crippen molar-refractivity contribution < 1.29 is 9.90 Å². The Morgan fingerprint density at radius 1 is 1.36 bits per heavy atom. The lowest BCUT2D eigenvalue weighted by molar-refractivity contribution is -0.129. The number of hydrogen-bond acceptors (Lipinski definition) is 3. The van der Waals surface area contributed by atoms with Gasteiger partial charge in [0.25, 0.3) is 0 Å². The second-order valence-corrected chi connectivity index (χ2v) is 3.06. The fraction of sp³-hybridized carbons (Fsp3) is 0.200. The first-order chi connectivity index (χ1) is 6.77. The number of rotatable bonds is 2. The van der Waals surface area contributed by atoms with E-state index in [4.69, 9.17) is 5.11 Å². The van der Waals surface area contributed by atoms with Crippen LogP contribution in [0.2, 0.25) is 0 Å². The second-order valence-electron chi connectivity index (χ2n) is 3.06. The standard InChI is InChI=1S/C10H10N2O2/c13-10(14)9-6-7-12(11-9)8-4-2-1-3-5-8/h1-5H,6-7H2,(H,13,14). The number of para-hydroxylation sites is 1. The fourth-order valence-electron chi connectivity index (χ4n) is 1.39. The van der Waals surface area contributed by atoms with Crippen LogP contribution in [0.3, 0.4) is 0 Å². The molecule has 72 valence electrons. The molecular formula is C10H10N2O2. The van der Waals surface area contributed by atoms with Gasteiger partial charge in [0.05, 0.1) is 5.69 Å². The van der Waals surface area contributed by atoms with Crippen molar-refractivity contribution in [3.05, 3.63) is 30.3 Å². The highest BCUT2D eigenvalue weighted by molar-refractivity contribution is 6.36. The maximum absolute atomic E-state index is 10.6. The van der Waals surface area contributed by atoms with Crippen molar-refractivity contribution in [1.82, 2.24) is 0 Å². The van der Waals surface area contributed by atoms with Gasteiger partial charge < -0.3 is 5.11 Å². The summed E-state index contributed by atoms with van der Waals surface area (Å²) in [4.78, 5) is 10.6. The van der Waals surface area contributed by atoms with Gasteiger partial charge in [0.2, 0.25) is 0 Å². The molecule has 2 rings (SSSR count). The average Bonchev–Trinajstić information content (AvgIpc) is 2.68. The van der Waals surface area contributed by atoms with Gasteiger partial charge in [0, 0.05) is 13.0 Å². The van der Waals surface area contributed by atoms with Crippen LogP contribution in [-0.2, 0) is 4.79 Å². The third-order valence-corrected chi connectivity index (χ3v) is 2.10. The van der Waals surface area contributed by atoms with Crippen molar-refractivity contribution in [1.29, 1.82) is 0 Å². The van der Waals surface area contributed by atoms with Crippen LogP contribution in [0.25, 0.3) is 0 Å². The van der Waals surface area contributed by atoms with Gasteiger partial charge in [0.1, 0.15) is 5.71 Å². The average molecular weight is 190 g/mol. The Balaban J connectivity index is 2.20. The summed E-state index contributed by atoms with van der Waals surface area (Å²) in [5.74, 6) is -0.927. The molecule has 0 radical (unpaired) electrons. The Morgan fingerprint density at radius 2 is 2.07 bits per heavy atom. The largest absolute Gasteiger partial charge is 0.477 e. The molecule has 1 aromatic rings. The number of hydrogen-bond donors (Lipinski definition) is 1. The summed E-state index contributed by atoms with van der Waals surface area (Å²) in [5, 5.41) is 14.4. The van der Waals surface area contributed by atoms with E-state index < -0.39 is 5.97 Å². The van der Waals surface area contributed by atoms with Crippen LogP contribution < -0.4 is 5.01 Å². The number of aliphatic carboxylic acids is 1. The van der Waals surface area contributed by atoms with E-state index in [1.54, 1.807) is 5.01 Å². The van der Waals surface area contributed by atoms with E-state index in [2.05, 4.69) is 5.10 Å². The molecule has 1 heterocycles. The van der Waals surface area contributed by atoms with E-state index in [1.165, 1.54) is 0 Å². The molecule has 0 saturated carbocycles. The lowest BCUT2D eigenvalue weighted by atomic mass is 10.3. The maximum atomic E-state index is 10.6. The predicted octanol–water partition coefficient (Wildman–Crippen LogP) is 1.34. The molecule has 0 saturated heterocycles. The van der Waals surface area contributed by atoms with Crippen molar-refractivity contribution in [2.75, 3.05) is 11.6 Å². The molecule has 1 aromatic carbocycles. The summed E-state index contributed by atoms with van der Waals surface area (Å²) in [6, 6.07) is 9.55. The van der Waals surface area contributed by atoms with E-state index in [0.717, 1.165) is 5.69 Å². The summed E-state index contributed by atoms with van der Waals surface area (Å²) in [6.45, 7) is 0.644. The third kappa shape index (κ3) is 1.59. The molecule has 1 aliphatic rings. The highest BCUT2D eigenvalue weighted by Crippen LogP contribution is 2.18. The zero-order chi connectivity index (χ0) is 9.97. The zero-order valence-electron chi connectivity index (χ0n) is 7.55. The minimum Gasteiger partial charge on any atom is -0.477 e. The monoisotopic (exact) mass is 190 g/mol. The summed E-state index contributed by atoms with van der Waals surface area (Å²) in [7, 11) is 0. The summed E-state index contributed by atoms with van der Waals surface area (Å²) in [5.41, 5.74) is 1.16. The first-order valence-corrected chi connectivity index (χ1v) is 4.41. The Kier molecular flexibility index (Phi) is 2.18. The molecular weight excluding hydrogens is 180 g/mol. The van der Waals surface area contributed by atoms with Gasteiger partial charge >= 0.3 is 5.97 Å². The van der Waals surface area contributed by atoms with Gasteiger partial charge in [-0.1, -0.05) is 18.2 Å². The molecule has 0 spiro atoms. The SMILES string of the molecule is O=C(O)C1=NN(c2ccccc2)CC1. The minimum absolute atomic E-state index is 0.230. The van der Waals surface area contributed by atoms with Gasteiger partial charge in [-0.25, -0.2) is 4.79 Å². The molecule has 0 atom stereocenters. The van der Waals surface area contributed by atoms with Crippen LogP contribution in [0.5, 0.6) is 0 Å². The van der Waals surface area contributed by atoms with Crippen LogP contribution in [0, 0.1) is 0 Å². The Morgan fingerprint density at radius 3 is 2.64 bits per heavy atom. The molecule has 0 bridgehead atoms. The highest BCUT2D eigenvalue weighted by atomic mass is 16.4. The Labute approximate surface area is 81.5 Å². The van der Waals surface area contributed by atoms with Gasteiger partial charge in [-0.05, 0) is 12.1 Å². The van der Waals surface area contributed by atoms with Crippen molar-refractivity contribution >= 4 is 17.4 Å². The number of carboxylic acids is 1. The van der Waals surface area contributed by atoms with E-state index in [9.17, 15) is 4.79 Å². The first kappa shape index (κ1) is 8.74. The molecule has 14 heavy (non-hydrogen) atoms. The van der Waals surface area contributed by atoms with Gasteiger partial charge in [-0.15, -0.1) is 0 Å². The minimum atomic E-state index is -0.927. The third-order valence-electron chi connectivity index (χ3n) is 2.10. The number of carboxylic acid groups (broad SMARTS) is 1. The molecule has 0 amide bonds. The van der Waals surface area contributed by atoms with Crippen LogP contribution in [0.4, 0.5) is 5.69 Å². The fourth-order valence-corrected chi connectivity index (χ4v) is 1.39. The molecule has 4 heteroatoms. The van der Waals surface area contributed by atoms with Gasteiger partial charge in [-0.3, -0.25) is 5.01 Å². The van der Waals surface area contributed by atoms with Gasteiger partial charge in [-0.2, -0.15) is 5.10 Å². The van der Waals surface area contributed by atoms with Gasteiger partial charge in [0.15, 0.2) is 0 Å². The topological polar surface area (TPSA) is 52.9 Å². The van der Waals surface area contributed by atoms with Crippen LogP contribution >= 0.6 is 0 Å². The molecule has 0 aliphatic carbocycles. The van der Waals surface area contributed by atoms with Crippen molar-refractivity contribution in [2.45, 2.75) is 6.42 Å². The maximum Gasteiger partial charge on any atom is 0.352 e. The Bertz CT molecular complexity index is 373. The smallest absolute Gasteiger partial charge is 0.352 e. The molecule has 0 aromatic heterocycles. The predicted molar refractivity (Wildman–Crippen MR) is 53.5 cm³/mol. The van der Waals surface area contributed by atoms with E-state index in [1.807, 2.05) is 30.3 Å². The number of carbonyl (C=O) groups is 1. The number of hydrazone groups is 1. The highest BCUT2D eigenvalue weighted by Gasteiger charge is 2.20. The van der Waals surface area contributed by atoms with Crippen molar-refractivity contribution in [2.24, 2.45) is 5.10 Å². The number of anilines is 1. The molecule has 4 nitrogen and oxygen atoms in total. The van der Waals surface area contributed by atoms with E-state index in [-0.39, 0.29) is 5.71 Å². The molecule has 1 aliphatic heterocycles. The lowest BCUT2D eigenvalue weighted by Crippen LogP contribution is -2.11. The number of nitrogens with zero attached hydrogens (tertiary/aromatic N) is 2. The zero-order valence-corrected chi connectivity index (χ0v) is 7.55. The quantitative estimate of drug-likeness (QED) is 0.765. The van der Waals surface area contributed by atoms with Crippen LogP contribution in [0.15, 0.2) is 35.4 Å². The van der Waals surface area contributed by atoms with Crippen LogP contribution in [-0.4, -0.2) is 23.3 Å². The molecule has 0 fully saturated rings. The first-order valence-electron chi connectivity index (χ1n) is 4.41. The van der Waals surface area contributed by atoms with Crippen molar-refractivity contribution in [3.8, 4) is 0 Å². The van der Waals surface area contributed by atoms with E-state index in [0.29, 0.717) is 13.0 Å². The summed E-state index contributed by atoms with van der Waals surface area (Å²) >= 11 is 0. The normalized spacial score (nSPS) is 15.4. The number of benzene rings is 1. The summed E-state index contributed by atoms with van der Waals surface area (Å²) < 4.78 is 0. The van der Waals surface area contributed by atoms with Crippen LogP contribution in [0.1, 0.15) is 6.42 Å². The van der Waals surface area contributed by atoms with Crippen molar-refractivity contribution in [3.63, 3.8) is 0 Å². The lowest BCUT2D eigenvalue weighted by Gasteiger charge is -2.12. The summed E-state index contributed by atoms with van der Waals surface area (Å²) in [6.07, 6.45) is 0.504. The second kappa shape index (κ2) is 3.49. The molecule has 0 unspecified atom stereocenters. The Hall–Kier alpha value is -1.84.